The van der Waals surface area contributed by atoms with Crippen molar-refractivity contribution < 1.29 is 4.74 Å². The van der Waals surface area contributed by atoms with Gasteiger partial charge >= 0.3 is 0 Å². The number of likely N-dealkylation sites (tertiary alicyclic amines) is 1. The molecule has 33 heavy (non-hydrogen) atoms. The Hall–Kier alpha value is -1.91. The second-order valence-electron chi connectivity index (χ2n) is 8.71. The summed E-state index contributed by atoms with van der Waals surface area (Å²) in [5, 5.41) is 7.00. The Morgan fingerprint density at radius 1 is 1.15 bits per heavy atom. The summed E-state index contributed by atoms with van der Waals surface area (Å²) in [6.07, 6.45) is 4.61. The quantitative estimate of drug-likeness (QED) is 0.306. The fraction of sp³-hybridized carbons (Fsp3) is 0.520. The molecule has 2 aromatic rings. The van der Waals surface area contributed by atoms with Crippen molar-refractivity contribution in [2.45, 2.75) is 45.0 Å². The number of halogens is 1. The van der Waals surface area contributed by atoms with Gasteiger partial charge in [-0.25, -0.2) is 4.98 Å². The van der Waals surface area contributed by atoms with Crippen molar-refractivity contribution in [2.24, 2.45) is 4.99 Å². The molecule has 1 aromatic heterocycles. The molecule has 0 amide bonds. The van der Waals surface area contributed by atoms with E-state index in [9.17, 15) is 0 Å². The molecule has 8 heteroatoms. The van der Waals surface area contributed by atoms with Crippen molar-refractivity contribution in [3.63, 3.8) is 0 Å². The lowest BCUT2D eigenvalue weighted by atomic mass is 10.2. The third-order valence-electron chi connectivity index (χ3n) is 6.29. The molecule has 2 aliphatic rings. The molecule has 0 spiro atoms. The molecule has 2 aliphatic heterocycles. The number of benzene rings is 1. The number of ether oxygens (including phenoxy) is 1. The topological polar surface area (TPSA) is 65.0 Å². The average molecular weight is 565 g/mol. The summed E-state index contributed by atoms with van der Waals surface area (Å²) in [7, 11) is 1.83. The van der Waals surface area contributed by atoms with Crippen LogP contribution >= 0.6 is 24.0 Å². The van der Waals surface area contributed by atoms with Crippen LogP contribution < -0.4 is 15.5 Å². The average Bonchev–Trinajstić information content (AvgIpc) is 3.27. The van der Waals surface area contributed by atoms with Gasteiger partial charge in [-0.1, -0.05) is 30.3 Å². The molecular weight excluding hydrogens is 527 g/mol. The van der Waals surface area contributed by atoms with Crippen LogP contribution in [-0.2, 0) is 17.8 Å². The Morgan fingerprint density at radius 2 is 2.00 bits per heavy atom. The zero-order chi connectivity index (χ0) is 22.2. The van der Waals surface area contributed by atoms with Crippen LogP contribution in [-0.4, -0.2) is 67.8 Å². The molecule has 7 nitrogen and oxygen atoms in total. The number of aliphatic imine (C=N–C) groups is 1. The monoisotopic (exact) mass is 564 g/mol. The van der Waals surface area contributed by atoms with E-state index < -0.39 is 0 Å². The molecule has 0 aliphatic carbocycles. The Kier molecular flexibility index (Phi) is 10.2. The van der Waals surface area contributed by atoms with Gasteiger partial charge in [0.1, 0.15) is 5.82 Å². The van der Waals surface area contributed by atoms with Crippen molar-refractivity contribution in [3.05, 3.63) is 59.8 Å². The van der Waals surface area contributed by atoms with Crippen molar-refractivity contribution in [2.75, 3.05) is 44.7 Å². The molecule has 0 saturated carbocycles. The molecule has 4 rings (SSSR count). The summed E-state index contributed by atoms with van der Waals surface area (Å²) in [4.78, 5) is 13.9. The number of hydrogen-bond donors (Lipinski definition) is 2. The van der Waals surface area contributed by atoms with Crippen LogP contribution in [0, 0.1) is 0 Å². The van der Waals surface area contributed by atoms with Crippen LogP contribution in [0.1, 0.15) is 30.9 Å². The lowest BCUT2D eigenvalue weighted by Crippen LogP contribution is -2.44. The summed E-state index contributed by atoms with van der Waals surface area (Å²) in [5.41, 5.74) is 2.58. The van der Waals surface area contributed by atoms with Gasteiger partial charge in [0.15, 0.2) is 5.96 Å². The number of aromatic nitrogens is 1. The molecule has 2 fully saturated rings. The smallest absolute Gasteiger partial charge is 0.191 e. The third-order valence-corrected chi connectivity index (χ3v) is 6.29. The third kappa shape index (κ3) is 7.55. The molecule has 0 radical (unpaired) electrons. The molecule has 2 unspecified atom stereocenters. The molecule has 2 N–H and O–H groups in total. The van der Waals surface area contributed by atoms with E-state index in [0.717, 1.165) is 51.1 Å². The molecule has 2 atom stereocenters. The molecule has 180 valence electrons. The number of nitrogens with one attached hydrogen (secondary N) is 2. The van der Waals surface area contributed by atoms with Gasteiger partial charge < -0.3 is 20.3 Å². The minimum Gasteiger partial charge on any atom is -0.375 e. The van der Waals surface area contributed by atoms with Crippen LogP contribution in [0.2, 0.25) is 0 Å². The largest absolute Gasteiger partial charge is 0.375 e. The number of guanidine groups is 1. The van der Waals surface area contributed by atoms with E-state index >= 15 is 0 Å². The lowest BCUT2D eigenvalue weighted by Gasteiger charge is -2.32. The van der Waals surface area contributed by atoms with E-state index in [2.05, 4.69) is 79.8 Å². The van der Waals surface area contributed by atoms with Gasteiger partial charge in [-0.15, -0.1) is 24.0 Å². The second kappa shape index (κ2) is 13.1. The van der Waals surface area contributed by atoms with E-state index in [1.54, 1.807) is 0 Å². The van der Waals surface area contributed by atoms with Gasteiger partial charge in [-0.3, -0.25) is 9.89 Å². The van der Waals surface area contributed by atoms with Gasteiger partial charge in [-0.2, -0.15) is 0 Å². The first-order chi connectivity index (χ1) is 15.7. The first-order valence-corrected chi connectivity index (χ1v) is 11.8. The second-order valence-corrected chi connectivity index (χ2v) is 8.71. The normalized spacial score (nSPS) is 21.5. The first-order valence-electron chi connectivity index (χ1n) is 11.8. The van der Waals surface area contributed by atoms with Crippen molar-refractivity contribution in [1.29, 1.82) is 0 Å². The maximum Gasteiger partial charge on any atom is 0.191 e. The van der Waals surface area contributed by atoms with Crippen LogP contribution in [0.5, 0.6) is 0 Å². The van der Waals surface area contributed by atoms with E-state index in [1.165, 1.54) is 24.0 Å². The Labute approximate surface area is 215 Å². The lowest BCUT2D eigenvalue weighted by molar-refractivity contribution is 0.0529. The molecule has 2 saturated heterocycles. The molecule has 1 aromatic carbocycles. The highest BCUT2D eigenvalue weighted by atomic mass is 127. The summed E-state index contributed by atoms with van der Waals surface area (Å²) in [5.74, 6) is 1.86. The summed E-state index contributed by atoms with van der Waals surface area (Å²) >= 11 is 0. The van der Waals surface area contributed by atoms with Crippen LogP contribution in [0.3, 0.4) is 0 Å². The summed E-state index contributed by atoms with van der Waals surface area (Å²) in [6, 6.07) is 15.5. The van der Waals surface area contributed by atoms with Gasteiger partial charge in [0.05, 0.1) is 12.7 Å². The highest BCUT2D eigenvalue weighted by Crippen LogP contribution is 2.20. The Morgan fingerprint density at radius 3 is 2.79 bits per heavy atom. The summed E-state index contributed by atoms with van der Waals surface area (Å²) in [6.45, 7) is 8.43. The number of anilines is 1. The Bertz CT molecular complexity index is 880. The van der Waals surface area contributed by atoms with E-state index in [-0.39, 0.29) is 30.1 Å². The van der Waals surface area contributed by atoms with Gasteiger partial charge in [0, 0.05) is 52.0 Å². The predicted molar refractivity (Wildman–Crippen MR) is 145 cm³/mol. The van der Waals surface area contributed by atoms with E-state index in [1.807, 2.05) is 13.2 Å². The maximum absolute atomic E-state index is 5.65. The highest BCUT2D eigenvalue weighted by molar-refractivity contribution is 14.0. The molecule has 3 heterocycles. The first kappa shape index (κ1) is 25.7. The fourth-order valence-corrected chi connectivity index (χ4v) is 4.54. The molecule has 0 bridgehead atoms. The summed E-state index contributed by atoms with van der Waals surface area (Å²) < 4.78 is 5.65. The standard InChI is InChI=1S/C25H36N6O.HI/c1-20-18-31(13-14-32-20)24-15-22(10-11-27-24)16-28-25(26-2)29-17-23-9-6-12-30(23)19-21-7-4-3-5-8-21;/h3-5,7-8,10-11,15,20,23H,6,9,12-14,16-19H2,1-2H3,(H2,26,28,29);1H. The minimum absolute atomic E-state index is 0. The van der Waals surface area contributed by atoms with Crippen molar-refractivity contribution >= 4 is 35.8 Å². The number of nitrogens with zero attached hydrogens (tertiary/aromatic N) is 4. The van der Waals surface area contributed by atoms with Crippen molar-refractivity contribution in [1.82, 2.24) is 20.5 Å². The highest BCUT2D eigenvalue weighted by Gasteiger charge is 2.24. The van der Waals surface area contributed by atoms with E-state index in [0.29, 0.717) is 12.6 Å². The fourth-order valence-electron chi connectivity index (χ4n) is 4.54. The molecular formula is C25H37IN6O. The minimum atomic E-state index is 0. The zero-order valence-corrected chi connectivity index (χ0v) is 22.1. The zero-order valence-electron chi connectivity index (χ0n) is 19.7. The number of pyridine rings is 1. The predicted octanol–water partition coefficient (Wildman–Crippen LogP) is 3.25. The van der Waals surface area contributed by atoms with Crippen LogP contribution in [0.25, 0.3) is 0 Å². The van der Waals surface area contributed by atoms with Gasteiger partial charge in [0.2, 0.25) is 0 Å². The number of hydrogen-bond acceptors (Lipinski definition) is 5. The van der Waals surface area contributed by atoms with Gasteiger partial charge in [-0.05, 0) is 49.6 Å². The number of morpholine rings is 1. The van der Waals surface area contributed by atoms with Gasteiger partial charge in [0.25, 0.3) is 0 Å². The maximum atomic E-state index is 5.65. The Balaban J connectivity index is 0.00000306. The van der Waals surface area contributed by atoms with Crippen LogP contribution in [0.4, 0.5) is 5.82 Å². The SMILES string of the molecule is CN=C(NCc1ccnc(N2CCOC(C)C2)c1)NCC1CCCN1Cc1ccccc1.I. The number of rotatable bonds is 7. The van der Waals surface area contributed by atoms with Crippen LogP contribution in [0.15, 0.2) is 53.7 Å². The van der Waals surface area contributed by atoms with E-state index in [4.69, 9.17) is 4.74 Å². The van der Waals surface area contributed by atoms with Crippen molar-refractivity contribution in [3.8, 4) is 0 Å².